The van der Waals surface area contributed by atoms with E-state index in [2.05, 4.69) is 6.58 Å². The van der Waals surface area contributed by atoms with Crippen molar-refractivity contribution in [3.05, 3.63) is 12.7 Å². The number of hydrogen-bond donors (Lipinski definition) is 1. The number of nitrogens with two attached hydrogens (primary N) is 1. The van der Waals surface area contributed by atoms with Gasteiger partial charge < -0.3 is 5.73 Å². The van der Waals surface area contributed by atoms with Crippen molar-refractivity contribution < 1.29 is 0 Å². The molecule has 0 aliphatic rings. The van der Waals surface area contributed by atoms with Crippen molar-refractivity contribution in [2.75, 3.05) is 6.54 Å². The second kappa shape index (κ2) is 16.7. The molecule has 1 nitrogen and oxygen atoms in total. The Balaban J connectivity index is -0.0000000450. The summed E-state index contributed by atoms with van der Waals surface area (Å²) in [4.78, 5) is 0. The number of hydrogen-bond acceptors (Lipinski definition) is 1. The van der Waals surface area contributed by atoms with Crippen molar-refractivity contribution in [2.45, 2.75) is 0 Å². The molecule has 0 radical (unpaired) electrons. The van der Waals surface area contributed by atoms with E-state index in [1.54, 1.807) is 6.08 Å². The maximum atomic E-state index is 4.91. The fourth-order valence-electron chi connectivity index (χ4n) is 0. The van der Waals surface area contributed by atoms with Crippen LogP contribution in [-0.2, 0) is 0 Å². The fraction of sp³-hybridized carbons (Fsp3) is 0.333. The zero-order chi connectivity index (χ0) is 3.41. The van der Waals surface area contributed by atoms with Crippen LogP contribution in [0, 0.1) is 0 Å². The first-order valence-electron chi connectivity index (χ1n) is 1.22. The Labute approximate surface area is 66.7 Å². The second-order valence-corrected chi connectivity index (χ2v) is 0.524. The summed E-state index contributed by atoms with van der Waals surface area (Å²) in [5.74, 6) is 0. The van der Waals surface area contributed by atoms with E-state index < -0.39 is 0 Å². The minimum atomic E-state index is 0. The minimum absolute atomic E-state index is 0. The van der Waals surface area contributed by atoms with Gasteiger partial charge in [0.15, 0.2) is 0 Å². The van der Waals surface area contributed by atoms with Gasteiger partial charge in [-0.2, -0.15) is 0 Å². The van der Waals surface area contributed by atoms with Gasteiger partial charge in [0, 0.05) is 6.54 Å². The predicted octanol–water partition coefficient (Wildman–Crippen LogP) is -0.0956. The summed E-state index contributed by atoms with van der Waals surface area (Å²) in [5.41, 5.74) is 4.91. The van der Waals surface area contributed by atoms with E-state index in [0.29, 0.717) is 6.54 Å². The van der Waals surface area contributed by atoms with Crippen molar-refractivity contribution in [3.63, 3.8) is 0 Å². The molecule has 6 heavy (non-hydrogen) atoms. The van der Waals surface area contributed by atoms with Gasteiger partial charge >= 0.3 is 29.6 Å². The second-order valence-electron chi connectivity index (χ2n) is 0.524. The Bertz CT molecular complexity index is 24.8. The summed E-state index contributed by atoms with van der Waals surface area (Å²) in [5, 5.41) is 0. The first-order chi connectivity index (χ1) is 1.91. The van der Waals surface area contributed by atoms with Gasteiger partial charge in [-0.3, -0.25) is 0 Å². The quantitative estimate of drug-likeness (QED) is 0.377. The van der Waals surface area contributed by atoms with Crippen molar-refractivity contribution in [3.8, 4) is 0 Å². The molecule has 0 aromatic carbocycles. The Kier molecular flexibility index (Phi) is 43.8. The van der Waals surface area contributed by atoms with Crippen LogP contribution >= 0.6 is 12.4 Å². The van der Waals surface area contributed by atoms with Gasteiger partial charge in [0.25, 0.3) is 0 Å². The number of rotatable bonds is 1. The summed E-state index contributed by atoms with van der Waals surface area (Å²) in [6.45, 7) is 3.94. The van der Waals surface area contributed by atoms with Crippen LogP contribution < -0.4 is 5.73 Å². The van der Waals surface area contributed by atoms with Crippen LogP contribution in [0.25, 0.3) is 0 Å². The Hall–Kier alpha value is 0.990. The summed E-state index contributed by atoms with van der Waals surface area (Å²) in [6.07, 6.45) is 1.65. The van der Waals surface area contributed by atoms with Crippen LogP contribution in [0.2, 0.25) is 0 Å². The molecule has 34 valence electrons. The molecule has 0 aliphatic carbocycles. The molecule has 0 aromatic rings. The van der Waals surface area contributed by atoms with E-state index in [4.69, 9.17) is 5.73 Å². The third kappa shape index (κ3) is 20.1. The molecular weight excluding hydrogens is 108 g/mol. The molecule has 0 atom stereocenters. The molecule has 0 aromatic heterocycles. The van der Waals surface area contributed by atoms with Crippen LogP contribution in [0.5, 0.6) is 0 Å². The summed E-state index contributed by atoms with van der Waals surface area (Å²) in [6, 6.07) is 0. The van der Waals surface area contributed by atoms with Crippen LogP contribution in [0.1, 0.15) is 0 Å². The first kappa shape index (κ1) is 15.8. The third-order valence-corrected chi connectivity index (χ3v) is 0.167. The van der Waals surface area contributed by atoms with Crippen LogP contribution in [0.4, 0.5) is 0 Å². The monoisotopic (exact) mass is 117 g/mol. The Morgan fingerprint density at radius 3 is 1.83 bits per heavy atom. The van der Waals surface area contributed by atoms with E-state index in [1.807, 2.05) is 0 Å². The van der Waals surface area contributed by atoms with Gasteiger partial charge in [-0.15, -0.1) is 19.0 Å². The first-order valence-corrected chi connectivity index (χ1v) is 1.22. The molecule has 0 saturated carbocycles. The molecule has 0 fully saturated rings. The van der Waals surface area contributed by atoms with Gasteiger partial charge in [0.2, 0.25) is 0 Å². The van der Waals surface area contributed by atoms with Crippen LogP contribution in [0.15, 0.2) is 12.7 Å². The molecule has 3 heteroatoms. The topological polar surface area (TPSA) is 26.0 Å². The zero-order valence-electron chi connectivity index (χ0n) is 2.98. The molecule has 0 bridgehead atoms. The third-order valence-electron chi connectivity index (χ3n) is 0.167. The molecular formula is C3H9ClNNa. The van der Waals surface area contributed by atoms with Crippen LogP contribution in [0.3, 0.4) is 0 Å². The van der Waals surface area contributed by atoms with Crippen molar-refractivity contribution in [1.82, 2.24) is 0 Å². The van der Waals surface area contributed by atoms with Gasteiger partial charge in [0.1, 0.15) is 0 Å². The standard InChI is InChI=1S/C3H7N.ClH.Na.H/c1-2-3-4;;;/h2H,1,3-4H2;1H;;. The van der Waals surface area contributed by atoms with Crippen molar-refractivity contribution >= 4 is 42.0 Å². The molecule has 0 rings (SSSR count). The maximum absolute atomic E-state index is 4.91. The van der Waals surface area contributed by atoms with Crippen molar-refractivity contribution in [1.29, 1.82) is 0 Å². The average Bonchev–Trinajstić information content (AvgIpc) is 1.37. The summed E-state index contributed by atoms with van der Waals surface area (Å²) < 4.78 is 0. The zero-order valence-corrected chi connectivity index (χ0v) is 3.79. The predicted molar refractivity (Wildman–Crippen MR) is 33.6 cm³/mol. The SMILES string of the molecule is C=CCN.Cl.[NaH]. The van der Waals surface area contributed by atoms with Gasteiger partial charge in [-0.1, -0.05) is 6.08 Å². The molecule has 0 saturated heterocycles. The van der Waals surface area contributed by atoms with Crippen LogP contribution in [-0.4, -0.2) is 36.1 Å². The summed E-state index contributed by atoms with van der Waals surface area (Å²) in [7, 11) is 0. The summed E-state index contributed by atoms with van der Waals surface area (Å²) >= 11 is 0. The van der Waals surface area contributed by atoms with E-state index in [-0.39, 0.29) is 42.0 Å². The normalized spacial score (nSPS) is 4.17. The molecule has 0 heterocycles. The van der Waals surface area contributed by atoms with Gasteiger partial charge in [-0.25, -0.2) is 0 Å². The van der Waals surface area contributed by atoms with Gasteiger partial charge in [0.05, 0.1) is 0 Å². The number of halogens is 1. The molecule has 0 aliphatic heterocycles. The van der Waals surface area contributed by atoms with E-state index in [0.717, 1.165) is 0 Å². The molecule has 0 spiro atoms. The molecule has 2 N–H and O–H groups in total. The fourth-order valence-corrected chi connectivity index (χ4v) is 0. The molecule has 0 amide bonds. The van der Waals surface area contributed by atoms with Crippen molar-refractivity contribution in [2.24, 2.45) is 5.73 Å². The Morgan fingerprint density at radius 1 is 1.67 bits per heavy atom. The Morgan fingerprint density at radius 2 is 1.83 bits per heavy atom. The average molecular weight is 118 g/mol. The van der Waals surface area contributed by atoms with E-state index >= 15 is 0 Å². The van der Waals surface area contributed by atoms with E-state index in [9.17, 15) is 0 Å². The molecule has 0 unspecified atom stereocenters. The van der Waals surface area contributed by atoms with Gasteiger partial charge in [-0.05, 0) is 0 Å². The van der Waals surface area contributed by atoms with E-state index in [1.165, 1.54) is 0 Å².